The van der Waals surface area contributed by atoms with Gasteiger partial charge in [-0.1, -0.05) is 0 Å². The van der Waals surface area contributed by atoms with Gasteiger partial charge in [-0.05, 0) is 0 Å². The van der Waals surface area contributed by atoms with Crippen LogP contribution in [0.25, 0.3) is 0 Å². The molecular formula is C9H6F4O5S. The van der Waals surface area contributed by atoms with Crippen LogP contribution in [0.15, 0.2) is 4.90 Å². The van der Waals surface area contributed by atoms with Gasteiger partial charge in [-0.2, -0.15) is 0 Å². The van der Waals surface area contributed by atoms with Crippen molar-refractivity contribution in [1.29, 1.82) is 0 Å². The van der Waals surface area contributed by atoms with Gasteiger partial charge < -0.3 is 10.2 Å². The van der Waals surface area contributed by atoms with E-state index < -0.39 is 61.9 Å². The molecule has 0 heterocycles. The normalized spacial score (nSPS) is 11.6. The van der Waals surface area contributed by atoms with Crippen LogP contribution in [0.4, 0.5) is 17.6 Å². The Morgan fingerprint density at radius 3 is 1.74 bits per heavy atom. The number of carboxylic acid groups (broad SMARTS) is 1. The molecule has 2 N–H and O–H groups in total. The number of rotatable bonds is 4. The zero-order valence-corrected chi connectivity index (χ0v) is 9.77. The average molecular weight is 302 g/mol. The highest BCUT2D eigenvalue weighted by molar-refractivity contribution is 7.91. The van der Waals surface area contributed by atoms with Gasteiger partial charge in [0.2, 0.25) is 0 Å². The topological polar surface area (TPSA) is 91.7 Å². The fraction of sp³-hybridized carbons (Fsp3) is 0.222. The van der Waals surface area contributed by atoms with Gasteiger partial charge in [0.05, 0.1) is 12.4 Å². The molecular weight excluding hydrogens is 296 g/mol. The van der Waals surface area contributed by atoms with E-state index in [4.69, 9.17) is 10.2 Å². The monoisotopic (exact) mass is 302 g/mol. The zero-order chi connectivity index (χ0) is 15.0. The number of carbonyl (C=O) groups is 1. The summed E-state index contributed by atoms with van der Waals surface area (Å²) in [5, 5.41) is 16.8. The molecule has 0 spiro atoms. The molecule has 0 aliphatic carbocycles. The van der Waals surface area contributed by atoms with Crippen LogP contribution in [-0.4, -0.2) is 37.0 Å². The van der Waals surface area contributed by atoms with Gasteiger partial charge >= 0.3 is 5.97 Å². The molecule has 1 rings (SSSR count). The van der Waals surface area contributed by atoms with Crippen molar-refractivity contribution < 1.29 is 41.0 Å². The number of benzene rings is 1. The summed E-state index contributed by atoms with van der Waals surface area (Å²) in [6.45, 7) is -1.04. The summed E-state index contributed by atoms with van der Waals surface area (Å²) in [5.41, 5.74) is -1.93. The lowest BCUT2D eigenvalue weighted by atomic mass is 10.2. The van der Waals surface area contributed by atoms with Crippen LogP contribution in [0.3, 0.4) is 0 Å². The fourth-order valence-electron chi connectivity index (χ4n) is 1.29. The predicted molar refractivity (Wildman–Crippen MR) is 52.4 cm³/mol. The Morgan fingerprint density at radius 2 is 1.42 bits per heavy atom. The summed E-state index contributed by atoms with van der Waals surface area (Å²) in [5.74, 6) is -12.8. The van der Waals surface area contributed by atoms with Crippen molar-refractivity contribution in [2.24, 2.45) is 0 Å². The maximum atomic E-state index is 13.4. The third-order valence-corrected chi connectivity index (χ3v) is 3.81. The maximum Gasteiger partial charge on any atom is 0.341 e. The largest absolute Gasteiger partial charge is 0.477 e. The van der Waals surface area contributed by atoms with E-state index in [0.717, 1.165) is 0 Å². The highest BCUT2D eigenvalue weighted by Crippen LogP contribution is 2.28. The van der Waals surface area contributed by atoms with Crippen LogP contribution in [0.2, 0.25) is 0 Å². The molecule has 0 unspecified atom stereocenters. The summed E-state index contributed by atoms with van der Waals surface area (Å²) in [7, 11) is -4.83. The van der Waals surface area contributed by atoms with Crippen LogP contribution in [0.1, 0.15) is 10.4 Å². The first-order valence-electron chi connectivity index (χ1n) is 4.58. The summed E-state index contributed by atoms with van der Waals surface area (Å²) in [6.07, 6.45) is 0. The predicted octanol–water partition coefficient (Wildman–Crippen LogP) is 0.707. The number of hydrogen-bond acceptors (Lipinski definition) is 4. The third-order valence-electron chi connectivity index (χ3n) is 2.11. The van der Waals surface area contributed by atoms with Crippen molar-refractivity contribution in [2.45, 2.75) is 4.90 Å². The first-order chi connectivity index (χ1) is 8.65. The second-order valence-electron chi connectivity index (χ2n) is 3.31. The molecule has 0 amide bonds. The number of hydrogen-bond donors (Lipinski definition) is 2. The Kier molecular flexibility index (Phi) is 4.15. The molecule has 1 aromatic carbocycles. The van der Waals surface area contributed by atoms with Gasteiger partial charge in [-0.15, -0.1) is 0 Å². The molecule has 1 aromatic rings. The summed E-state index contributed by atoms with van der Waals surface area (Å²) in [6, 6.07) is 0. The van der Waals surface area contributed by atoms with Crippen molar-refractivity contribution in [1.82, 2.24) is 0 Å². The molecule has 5 nitrogen and oxygen atoms in total. The molecule has 106 valence electrons. The van der Waals surface area contributed by atoms with E-state index in [2.05, 4.69) is 0 Å². The Morgan fingerprint density at radius 1 is 1.00 bits per heavy atom. The van der Waals surface area contributed by atoms with Gasteiger partial charge in [0, 0.05) is 0 Å². The van der Waals surface area contributed by atoms with Gasteiger partial charge in [0.1, 0.15) is 10.5 Å². The van der Waals surface area contributed by atoms with E-state index in [0.29, 0.717) is 0 Å². The molecule has 0 radical (unpaired) electrons. The molecule has 0 saturated heterocycles. The van der Waals surface area contributed by atoms with Crippen LogP contribution in [0, 0.1) is 23.3 Å². The SMILES string of the molecule is O=C(O)c1c(F)c(F)c(S(=O)(=O)CCO)c(F)c1F. The number of aliphatic hydroxyl groups excluding tert-OH is 1. The molecule has 0 bridgehead atoms. The Bertz CT molecular complexity index is 611. The average Bonchev–Trinajstić information content (AvgIpc) is 2.26. The van der Waals surface area contributed by atoms with Crippen molar-refractivity contribution >= 4 is 15.8 Å². The van der Waals surface area contributed by atoms with Crippen molar-refractivity contribution in [3.05, 3.63) is 28.8 Å². The van der Waals surface area contributed by atoms with E-state index in [1.165, 1.54) is 0 Å². The minimum Gasteiger partial charge on any atom is -0.477 e. The number of sulfone groups is 1. The van der Waals surface area contributed by atoms with Gasteiger partial charge in [-0.3, -0.25) is 0 Å². The molecule has 0 atom stereocenters. The number of aromatic carboxylic acids is 1. The number of halogens is 4. The Balaban J connectivity index is 3.77. The lowest BCUT2D eigenvalue weighted by Gasteiger charge is -2.09. The molecule has 0 fully saturated rings. The minimum absolute atomic E-state index is 1.04. The van der Waals surface area contributed by atoms with E-state index in [9.17, 15) is 30.8 Å². The highest BCUT2D eigenvalue weighted by atomic mass is 32.2. The summed E-state index contributed by atoms with van der Waals surface area (Å²) in [4.78, 5) is 8.49. The minimum atomic E-state index is -4.83. The van der Waals surface area contributed by atoms with Crippen LogP contribution < -0.4 is 0 Å². The van der Waals surface area contributed by atoms with E-state index in [1.54, 1.807) is 0 Å². The quantitative estimate of drug-likeness (QED) is 0.631. The maximum absolute atomic E-state index is 13.4. The van der Waals surface area contributed by atoms with Gasteiger partial charge in [0.15, 0.2) is 33.1 Å². The molecule has 0 aliphatic heterocycles. The van der Waals surface area contributed by atoms with Gasteiger partial charge in [-0.25, -0.2) is 30.8 Å². The first-order valence-corrected chi connectivity index (χ1v) is 6.23. The summed E-state index contributed by atoms with van der Waals surface area (Å²) < 4.78 is 75.9. The lowest BCUT2D eigenvalue weighted by Crippen LogP contribution is -2.19. The van der Waals surface area contributed by atoms with E-state index >= 15 is 0 Å². The number of aliphatic hydroxyl groups is 1. The zero-order valence-electron chi connectivity index (χ0n) is 8.95. The molecule has 19 heavy (non-hydrogen) atoms. The van der Waals surface area contributed by atoms with E-state index in [-0.39, 0.29) is 0 Å². The molecule has 0 saturated carbocycles. The van der Waals surface area contributed by atoms with Gasteiger partial charge in [0.25, 0.3) is 0 Å². The van der Waals surface area contributed by atoms with Crippen LogP contribution in [0.5, 0.6) is 0 Å². The van der Waals surface area contributed by atoms with E-state index in [1.807, 2.05) is 0 Å². The van der Waals surface area contributed by atoms with Crippen molar-refractivity contribution in [3.8, 4) is 0 Å². The smallest absolute Gasteiger partial charge is 0.341 e. The van der Waals surface area contributed by atoms with Crippen molar-refractivity contribution in [3.63, 3.8) is 0 Å². The number of carboxylic acids is 1. The fourth-order valence-corrected chi connectivity index (χ4v) is 2.46. The Hall–Kier alpha value is -1.68. The highest BCUT2D eigenvalue weighted by Gasteiger charge is 2.34. The second kappa shape index (κ2) is 5.13. The summed E-state index contributed by atoms with van der Waals surface area (Å²) >= 11 is 0. The van der Waals surface area contributed by atoms with Crippen LogP contribution in [-0.2, 0) is 9.84 Å². The second-order valence-corrected chi connectivity index (χ2v) is 5.35. The standard InChI is InChI=1S/C9H6F4O5S/c10-4-3(9(15)16)5(11)7(13)8(6(4)12)19(17,18)2-1-14/h14H,1-2H2,(H,15,16). The molecule has 10 heteroatoms. The third kappa shape index (κ3) is 2.54. The molecule has 0 aliphatic rings. The lowest BCUT2D eigenvalue weighted by molar-refractivity contribution is 0.0682. The Labute approximate surface area is 104 Å². The first kappa shape index (κ1) is 15.4. The van der Waals surface area contributed by atoms with Crippen molar-refractivity contribution in [2.75, 3.05) is 12.4 Å². The van der Waals surface area contributed by atoms with Crippen LogP contribution >= 0.6 is 0 Å². The molecule has 0 aromatic heterocycles.